The first-order valence-corrected chi connectivity index (χ1v) is 6.63. The van der Waals surface area contributed by atoms with Crippen LogP contribution in [-0.4, -0.2) is 21.7 Å². The molecule has 2 rings (SSSR count). The van der Waals surface area contributed by atoms with Gasteiger partial charge in [0.2, 0.25) is 5.91 Å². The summed E-state index contributed by atoms with van der Waals surface area (Å²) in [6.45, 7) is 4.49. The zero-order valence-corrected chi connectivity index (χ0v) is 12.1. The molecule has 2 aromatic rings. The summed E-state index contributed by atoms with van der Waals surface area (Å²) in [5.41, 5.74) is 3.05. The highest BCUT2D eigenvalue weighted by Gasteiger charge is 2.12. The molecule has 2 N–H and O–H groups in total. The summed E-state index contributed by atoms with van der Waals surface area (Å²) in [6, 6.07) is 7.49. The van der Waals surface area contributed by atoms with Gasteiger partial charge in [0.05, 0.1) is 12.2 Å². The highest BCUT2D eigenvalue weighted by Crippen LogP contribution is 2.09. The van der Waals surface area contributed by atoms with Crippen molar-refractivity contribution in [2.45, 2.75) is 26.4 Å². The lowest BCUT2D eigenvalue weighted by molar-refractivity contribution is -0.117. The standard InChI is InChI=1S/C15H20N4O/c1-11-4-6-14(7-5-11)18-15(20)12(2)16-8-13-9-17-19(3)10-13/h4-7,9-10,12,16H,8H2,1-3H3,(H,18,20). The van der Waals surface area contributed by atoms with E-state index in [2.05, 4.69) is 15.7 Å². The van der Waals surface area contributed by atoms with E-state index in [-0.39, 0.29) is 11.9 Å². The summed E-state index contributed by atoms with van der Waals surface area (Å²) >= 11 is 0. The lowest BCUT2D eigenvalue weighted by Gasteiger charge is -2.13. The van der Waals surface area contributed by atoms with Gasteiger partial charge < -0.3 is 10.6 Å². The second-order valence-corrected chi connectivity index (χ2v) is 4.98. The summed E-state index contributed by atoms with van der Waals surface area (Å²) in [5, 5.41) is 10.2. The molecule has 0 spiro atoms. The third-order valence-electron chi connectivity index (χ3n) is 3.08. The van der Waals surface area contributed by atoms with Gasteiger partial charge in [-0.05, 0) is 26.0 Å². The summed E-state index contributed by atoms with van der Waals surface area (Å²) < 4.78 is 1.74. The molecule has 0 fully saturated rings. The zero-order valence-electron chi connectivity index (χ0n) is 12.1. The monoisotopic (exact) mass is 272 g/mol. The van der Waals surface area contributed by atoms with E-state index in [1.165, 1.54) is 5.56 Å². The zero-order chi connectivity index (χ0) is 14.5. The van der Waals surface area contributed by atoms with E-state index >= 15 is 0 Å². The number of carbonyl (C=O) groups is 1. The second-order valence-electron chi connectivity index (χ2n) is 4.98. The fourth-order valence-corrected chi connectivity index (χ4v) is 1.81. The molecule has 1 atom stereocenters. The Morgan fingerprint density at radius 1 is 1.35 bits per heavy atom. The van der Waals surface area contributed by atoms with Gasteiger partial charge in [0, 0.05) is 31.0 Å². The molecule has 0 aliphatic rings. The number of aryl methyl sites for hydroxylation is 2. The largest absolute Gasteiger partial charge is 0.325 e. The molecular formula is C15H20N4O. The number of nitrogens with zero attached hydrogens (tertiary/aromatic N) is 2. The number of carbonyl (C=O) groups excluding carboxylic acids is 1. The number of aromatic nitrogens is 2. The van der Waals surface area contributed by atoms with Crippen LogP contribution in [0.5, 0.6) is 0 Å². The molecule has 1 unspecified atom stereocenters. The number of rotatable bonds is 5. The Morgan fingerprint density at radius 3 is 2.65 bits per heavy atom. The van der Waals surface area contributed by atoms with Gasteiger partial charge in [-0.25, -0.2) is 0 Å². The van der Waals surface area contributed by atoms with Crippen molar-refractivity contribution in [1.29, 1.82) is 0 Å². The number of nitrogens with one attached hydrogen (secondary N) is 2. The number of hydrogen-bond acceptors (Lipinski definition) is 3. The Labute approximate surface area is 119 Å². The Hall–Kier alpha value is -2.14. The van der Waals surface area contributed by atoms with E-state index in [4.69, 9.17) is 0 Å². The molecular weight excluding hydrogens is 252 g/mol. The van der Waals surface area contributed by atoms with Crippen molar-refractivity contribution < 1.29 is 4.79 Å². The average molecular weight is 272 g/mol. The van der Waals surface area contributed by atoms with Crippen molar-refractivity contribution >= 4 is 11.6 Å². The first kappa shape index (κ1) is 14.3. The first-order chi connectivity index (χ1) is 9.54. The third kappa shape index (κ3) is 3.93. The summed E-state index contributed by atoms with van der Waals surface area (Å²) in [7, 11) is 1.87. The topological polar surface area (TPSA) is 59.0 Å². The quantitative estimate of drug-likeness (QED) is 0.873. The van der Waals surface area contributed by atoms with Crippen LogP contribution >= 0.6 is 0 Å². The molecule has 0 radical (unpaired) electrons. The normalized spacial score (nSPS) is 12.2. The predicted molar refractivity (Wildman–Crippen MR) is 79.3 cm³/mol. The van der Waals surface area contributed by atoms with Crippen LogP contribution in [0.3, 0.4) is 0 Å². The van der Waals surface area contributed by atoms with Gasteiger partial charge in [-0.3, -0.25) is 9.48 Å². The van der Waals surface area contributed by atoms with Crippen molar-refractivity contribution in [2.75, 3.05) is 5.32 Å². The molecule has 5 heteroatoms. The molecule has 0 bridgehead atoms. The lowest BCUT2D eigenvalue weighted by atomic mass is 10.2. The number of anilines is 1. The average Bonchev–Trinajstić information content (AvgIpc) is 2.84. The van der Waals surface area contributed by atoms with Crippen LogP contribution in [0.2, 0.25) is 0 Å². The van der Waals surface area contributed by atoms with Gasteiger partial charge in [-0.15, -0.1) is 0 Å². The minimum absolute atomic E-state index is 0.0438. The van der Waals surface area contributed by atoms with E-state index in [1.54, 1.807) is 10.9 Å². The number of amides is 1. The van der Waals surface area contributed by atoms with Crippen LogP contribution < -0.4 is 10.6 Å². The molecule has 0 aliphatic heterocycles. The molecule has 1 heterocycles. The Morgan fingerprint density at radius 2 is 2.05 bits per heavy atom. The van der Waals surface area contributed by atoms with Gasteiger partial charge >= 0.3 is 0 Å². The van der Waals surface area contributed by atoms with E-state index < -0.39 is 0 Å². The SMILES string of the molecule is Cc1ccc(NC(=O)C(C)NCc2cnn(C)c2)cc1. The van der Waals surface area contributed by atoms with Crippen molar-refractivity contribution in [3.8, 4) is 0 Å². The third-order valence-corrected chi connectivity index (χ3v) is 3.08. The maximum atomic E-state index is 12.0. The number of hydrogen-bond donors (Lipinski definition) is 2. The predicted octanol–water partition coefficient (Wildman–Crippen LogP) is 1.85. The molecule has 106 valence electrons. The molecule has 1 aromatic heterocycles. The van der Waals surface area contributed by atoms with Crippen LogP contribution in [0, 0.1) is 6.92 Å². The summed E-state index contributed by atoms with van der Waals surface area (Å²) in [4.78, 5) is 12.0. The van der Waals surface area contributed by atoms with E-state index in [1.807, 2.05) is 51.4 Å². The first-order valence-electron chi connectivity index (χ1n) is 6.63. The second kappa shape index (κ2) is 6.34. The molecule has 0 saturated carbocycles. The lowest BCUT2D eigenvalue weighted by Crippen LogP contribution is -2.37. The number of benzene rings is 1. The molecule has 5 nitrogen and oxygen atoms in total. The van der Waals surface area contributed by atoms with E-state index in [9.17, 15) is 4.79 Å². The summed E-state index contributed by atoms with van der Waals surface area (Å²) in [5.74, 6) is -0.0438. The maximum absolute atomic E-state index is 12.0. The van der Waals surface area contributed by atoms with Crippen molar-refractivity contribution in [1.82, 2.24) is 15.1 Å². The fraction of sp³-hybridized carbons (Fsp3) is 0.333. The van der Waals surface area contributed by atoms with Crippen molar-refractivity contribution in [2.24, 2.45) is 7.05 Å². The van der Waals surface area contributed by atoms with Crippen LogP contribution in [-0.2, 0) is 18.4 Å². The van der Waals surface area contributed by atoms with Gasteiger partial charge in [0.15, 0.2) is 0 Å². The van der Waals surface area contributed by atoms with Gasteiger partial charge in [-0.2, -0.15) is 5.10 Å². The van der Waals surface area contributed by atoms with Crippen LogP contribution in [0.25, 0.3) is 0 Å². The molecule has 1 aromatic carbocycles. The van der Waals surface area contributed by atoms with Crippen molar-refractivity contribution in [3.63, 3.8) is 0 Å². The minimum Gasteiger partial charge on any atom is -0.325 e. The maximum Gasteiger partial charge on any atom is 0.241 e. The van der Waals surface area contributed by atoms with E-state index in [0.717, 1.165) is 11.3 Å². The molecule has 0 aliphatic carbocycles. The smallest absolute Gasteiger partial charge is 0.241 e. The van der Waals surface area contributed by atoms with E-state index in [0.29, 0.717) is 6.54 Å². The van der Waals surface area contributed by atoms with Gasteiger partial charge in [-0.1, -0.05) is 17.7 Å². The van der Waals surface area contributed by atoms with Crippen molar-refractivity contribution in [3.05, 3.63) is 47.8 Å². The van der Waals surface area contributed by atoms with Gasteiger partial charge in [0.25, 0.3) is 0 Å². The van der Waals surface area contributed by atoms with Crippen LogP contribution in [0.1, 0.15) is 18.1 Å². The van der Waals surface area contributed by atoms with Crippen LogP contribution in [0.4, 0.5) is 5.69 Å². The Balaban J connectivity index is 1.84. The molecule has 1 amide bonds. The van der Waals surface area contributed by atoms with Gasteiger partial charge in [0.1, 0.15) is 0 Å². The van der Waals surface area contributed by atoms with Crippen LogP contribution in [0.15, 0.2) is 36.7 Å². The Kier molecular flexibility index (Phi) is 4.53. The minimum atomic E-state index is -0.267. The highest BCUT2D eigenvalue weighted by atomic mass is 16.2. The summed E-state index contributed by atoms with van der Waals surface area (Å²) in [6.07, 6.45) is 3.72. The Bertz CT molecular complexity index is 574. The molecule has 20 heavy (non-hydrogen) atoms. The molecule has 0 saturated heterocycles. The fourth-order valence-electron chi connectivity index (χ4n) is 1.81. The highest BCUT2D eigenvalue weighted by molar-refractivity contribution is 5.94.